The number of nitrogens with zero attached hydrogens (tertiary/aromatic N) is 4. The molecule has 1 aromatic carbocycles. The summed E-state index contributed by atoms with van der Waals surface area (Å²) in [5.41, 5.74) is -0.177. The Morgan fingerprint density at radius 2 is 2.06 bits per heavy atom. The molecule has 1 aliphatic heterocycles. The minimum atomic E-state index is -3.74. The highest BCUT2D eigenvalue weighted by molar-refractivity contribution is 7.92. The van der Waals surface area contributed by atoms with E-state index in [0.29, 0.717) is 30.9 Å². The maximum absolute atomic E-state index is 15.0. The summed E-state index contributed by atoms with van der Waals surface area (Å²) in [6, 6.07) is 3.21. The third-order valence-corrected chi connectivity index (χ3v) is 5.86. The number of ether oxygens (including phenoxy) is 2. The molecule has 168 valence electrons. The molecular formula is C19H23F2N5O4S. The van der Waals surface area contributed by atoms with E-state index in [0.717, 1.165) is 17.1 Å². The van der Waals surface area contributed by atoms with Gasteiger partial charge in [0.15, 0.2) is 11.6 Å². The van der Waals surface area contributed by atoms with Gasteiger partial charge in [0.25, 0.3) is 0 Å². The standard InChI is InChI=1S/C19H23F2N5O4S/c1-3-8-31(27,28)24-16-5-4-15(20)19(18(16)21)26-12-17(23-25-26)13-9-14(11-22-10-13)30-7-6-29-2/h4-5,9-11,17,24H,3,6-8,12H2,1-2H3. The fourth-order valence-electron chi connectivity index (χ4n) is 2.95. The van der Waals surface area contributed by atoms with Gasteiger partial charge in [-0.2, -0.15) is 5.11 Å². The third kappa shape index (κ3) is 5.64. The number of pyridine rings is 1. The molecule has 1 atom stereocenters. The van der Waals surface area contributed by atoms with Crippen LogP contribution in [-0.4, -0.2) is 46.0 Å². The minimum Gasteiger partial charge on any atom is -0.490 e. The second-order valence-electron chi connectivity index (χ2n) is 6.78. The number of hydrogen-bond acceptors (Lipinski definition) is 8. The maximum atomic E-state index is 15.0. The van der Waals surface area contributed by atoms with E-state index in [-0.39, 0.29) is 18.0 Å². The van der Waals surface area contributed by atoms with E-state index in [1.54, 1.807) is 26.3 Å². The van der Waals surface area contributed by atoms with Gasteiger partial charge in [-0.3, -0.25) is 9.71 Å². The number of rotatable bonds is 10. The van der Waals surface area contributed by atoms with Gasteiger partial charge in [0.1, 0.15) is 24.1 Å². The van der Waals surface area contributed by atoms with Crippen molar-refractivity contribution >= 4 is 21.4 Å². The molecule has 0 saturated heterocycles. The largest absolute Gasteiger partial charge is 0.490 e. The highest BCUT2D eigenvalue weighted by Crippen LogP contribution is 2.35. The zero-order valence-corrected chi connectivity index (χ0v) is 17.9. The fourth-order valence-corrected chi connectivity index (χ4v) is 4.09. The number of anilines is 2. The molecule has 2 aromatic rings. The quantitative estimate of drug-likeness (QED) is 0.550. The second-order valence-corrected chi connectivity index (χ2v) is 8.62. The van der Waals surface area contributed by atoms with E-state index in [9.17, 15) is 17.2 Å². The predicted molar refractivity (Wildman–Crippen MR) is 111 cm³/mol. The molecule has 1 unspecified atom stereocenters. The van der Waals surface area contributed by atoms with E-state index < -0.39 is 33.4 Å². The van der Waals surface area contributed by atoms with Crippen molar-refractivity contribution in [1.82, 2.24) is 4.98 Å². The number of benzene rings is 1. The first kappa shape index (κ1) is 22.8. The summed E-state index contributed by atoms with van der Waals surface area (Å²) in [5, 5.41) is 9.01. The lowest BCUT2D eigenvalue weighted by Crippen LogP contribution is -2.21. The summed E-state index contributed by atoms with van der Waals surface area (Å²) in [5.74, 6) is -1.62. The second kappa shape index (κ2) is 9.96. The highest BCUT2D eigenvalue weighted by Gasteiger charge is 2.29. The lowest BCUT2D eigenvalue weighted by Gasteiger charge is -2.18. The normalized spacial score (nSPS) is 16.0. The van der Waals surface area contributed by atoms with Gasteiger partial charge in [-0.15, -0.1) is 0 Å². The number of sulfonamides is 1. The first-order valence-corrected chi connectivity index (χ1v) is 11.2. The molecule has 0 saturated carbocycles. The van der Waals surface area contributed by atoms with E-state index in [4.69, 9.17) is 9.47 Å². The summed E-state index contributed by atoms with van der Waals surface area (Å²) in [6.07, 6.45) is 3.46. The van der Waals surface area contributed by atoms with Crippen LogP contribution in [0.1, 0.15) is 24.9 Å². The average Bonchev–Trinajstić information content (AvgIpc) is 3.20. The molecule has 0 spiro atoms. The number of methoxy groups -OCH3 is 1. The van der Waals surface area contributed by atoms with Crippen LogP contribution in [0.15, 0.2) is 40.9 Å². The van der Waals surface area contributed by atoms with Crippen LogP contribution in [-0.2, 0) is 14.8 Å². The molecule has 0 fully saturated rings. The summed E-state index contributed by atoms with van der Waals surface area (Å²) < 4.78 is 66.0. The molecule has 3 rings (SSSR count). The molecule has 2 heterocycles. The zero-order chi connectivity index (χ0) is 22.4. The van der Waals surface area contributed by atoms with Crippen molar-refractivity contribution in [2.45, 2.75) is 19.4 Å². The Bertz CT molecular complexity index is 1050. The molecule has 0 radical (unpaired) electrons. The summed E-state index contributed by atoms with van der Waals surface area (Å²) >= 11 is 0. The van der Waals surface area contributed by atoms with Gasteiger partial charge < -0.3 is 9.47 Å². The number of aromatic nitrogens is 1. The lowest BCUT2D eigenvalue weighted by molar-refractivity contribution is 0.146. The summed E-state index contributed by atoms with van der Waals surface area (Å²) in [6.45, 7) is 2.49. The van der Waals surface area contributed by atoms with E-state index >= 15 is 0 Å². The molecule has 1 N–H and O–H groups in total. The van der Waals surface area contributed by atoms with Crippen LogP contribution in [0.3, 0.4) is 0 Å². The Kier molecular flexibility index (Phi) is 7.33. The van der Waals surface area contributed by atoms with Crippen LogP contribution in [0.4, 0.5) is 20.2 Å². The smallest absolute Gasteiger partial charge is 0.232 e. The van der Waals surface area contributed by atoms with Gasteiger partial charge in [-0.1, -0.05) is 12.1 Å². The molecule has 31 heavy (non-hydrogen) atoms. The van der Waals surface area contributed by atoms with Crippen molar-refractivity contribution in [3.63, 3.8) is 0 Å². The molecule has 1 aromatic heterocycles. The van der Waals surface area contributed by atoms with E-state index in [1.165, 1.54) is 6.20 Å². The van der Waals surface area contributed by atoms with Crippen molar-refractivity contribution in [2.24, 2.45) is 10.3 Å². The SMILES string of the molecule is CCCS(=O)(=O)Nc1ccc(F)c(N2CC(c3cncc(OCCOC)c3)N=N2)c1F. The van der Waals surface area contributed by atoms with Crippen molar-refractivity contribution in [3.8, 4) is 5.75 Å². The van der Waals surface area contributed by atoms with Crippen molar-refractivity contribution in [2.75, 3.05) is 42.4 Å². The topological polar surface area (TPSA) is 105 Å². The third-order valence-electron chi connectivity index (χ3n) is 4.38. The Hall–Kier alpha value is -2.86. The van der Waals surface area contributed by atoms with Crippen LogP contribution in [0, 0.1) is 11.6 Å². The van der Waals surface area contributed by atoms with Crippen molar-refractivity contribution < 1.29 is 26.7 Å². The fraction of sp³-hybridized carbons (Fsp3) is 0.421. The van der Waals surface area contributed by atoms with Crippen LogP contribution >= 0.6 is 0 Å². The van der Waals surface area contributed by atoms with Gasteiger partial charge in [0.05, 0.1) is 30.8 Å². The monoisotopic (exact) mass is 455 g/mol. The zero-order valence-electron chi connectivity index (χ0n) is 17.1. The molecule has 12 heteroatoms. The van der Waals surface area contributed by atoms with Gasteiger partial charge in [0.2, 0.25) is 10.0 Å². The van der Waals surface area contributed by atoms with E-state index in [1.807, 2.05) is 0 Å². The molecule has 0 aliphatic carbocycles. The molecule has 1 aliphatic rings. The molecular weight excluding hydrogens is 432 g/mol. The first-order valence-electron chi connectivity index (χ1n) is 9.58. The number of nitrogens with one attached hydrogen (secondary N) is 1. The van der Waals surface area contributed by atoms with Crippen LogP contribution < -0.4 is 14.5 Å². The van der Waals surface area contributed by atoms with Crippen molar-refractivity contribution in [1.29, 1.82) is 0 Å². The molecule has 9 nitrogen and oxygen atoms in total. The lowest BCUT2D eigenvalue weighted by atomic mass is 10.1. The minimum absolute atomic E-state index is 0.0439. The van der Waals surface area contributed by atoms with Crippen LogP contribution in [0.5, 0.6) is 5.75 Å². The summed E-state index contributed by atoms with van der Waals surface area (Å²) in [7, 11) is -2.18. The van der Waals surface area contributed by atoms with Crippen LogP contribution in [0.25, 0.3) is 0 Å². The molecule has 0 amide bonds. The Labute approximate surface area is 179 Å². The number of hydrogen-bond donors (Lipinski definition) is 1. The van der Waals surface area contributed by atoms with Gasteiger partial charge in [0, 0.05) is 18.9 Å². The summed E-state index contributed by atoms with van der Waals surface area (Å²) in [4.78, 5) is 4.10. The van der Waals surface area contributed by atoms with Gasteiger partial charge >= 0.3 is 0 Å². The van der Waals surface area contributed by atoms with E-state index in [2.05, 4.69) is 20.0 Å². The maximum Gasteiger partial charge on any atom is 0.232 e. The number of halogens is 2. The Morgan fingerprint density at radius 3 is 2.81 bits per heavy atom. The molecule has 0 bridgehead atoms. The highest BCUT2D eigenvalue weighted by atomic mass is 32.2. The first-order chi connectivity index (χ1) is 14.8. The van der Waals surface area contributed by atoms with Gasteiger partial charge in [-0.25, -0.2) is 22.2 Å². The Balaban J connectivity index is 1.78. The predicted octanol–water partition coefficient (Wildman–Crippen LogP) is 3.47. The van der Waals surface area contributed by atoms with Crippen LogP contribution in [0.2, 0.25) is 0 Å². The Morgan fingerprint density at radius 1 is 1.26 bits per heavy atom. The van der Waals surface area contributed by atoms with Gasteiger partial charge in [-0.05, 0) is 24.6 Å². The van der Waals surface area contributed by atoms with Crippen molar-refractivity contribution in [3.05, 3.63) is 47.8 Å². The average molecular weight is 455 g/mol.